The van der Waals surface area contributed by atoms with E-state index in [9.17, 15) is 9.59 Å². The summed E-state index contributed by atoms with van der Waals surface area (Å²) >= 11 is 1.55. The first-order valence-corrected chi connectivity index (χ1v) is 11.4. The van der Waals surface area contributed by atoms with Crippen molar-refractivity contribution in [2.75, 3.05) is 25.3 Å². The van der Waals surface area contributed by atoms with Crippen molar-refractivity contribution in [3.63, 3.8) is 0 Å². The summed E-state index contributed by atoms with van der Waals surface area (Å²) in [6.45, 7) is 0. The number of ether oxygens (including phenoxy) is 2. The average Bonchev–Trinajstić information content (AvgIpc) is 2.83. The molecule has 3 aromatic rings. The Bertz CT molecular complexity index is 1130. The molecule has 1 aliphatic heterocycles. The van der Waals surface area contributed by atoms with E-state index in [0.29, 0.717) is 17.0 Å². The highest BCUT2D eigenvalue weighted by atomic mass is 32.2. The van der Waals surface area contributed by atoms with E-state index >= 15 is 0 Å². The number of carbonyl (C=O) groups excluding carboxylic acids is 2. The van der Waals surface area contributed by atoms with Crippen LogP contribution >= 0.6 is 11.8 Å². The van der Waals surface area contributed by atoms with Gasteiger partial charge >= 0.3 is 0 Å². The normalized spacial score (nSPS) is 15.1. The summed E-state index contributed by atoms with van der Waals surface area (Å²) in [5.74, 6) is 1.06. The van der Waals surface area contributed by atoms with Gasteiger partial charge in [0.1, 0.15) is 17.4 Å². The molecule has 0 fully saturated rings. The molecular formula is C26H25NO4S. The molecule has 0 saturated heterocycles. The average molecular weight is 448 g/mol. The summed E-state index contributed by atoms with van der Waals surface area (Å²) in [4.78, 5) is 26.4. The highest BCUT2D eigenvalue weighted by Gasteiger charge is 2.33. The van der Waals surface area contributed by atoms with E-state index in [-0.39, 0.29) is 11.7 Å². The van der Waals surface area contributed by atoms with Gasteiger partial charge in [0.05, 0.1) is 14.2 Å². The molecule has 6 heteroatoms. The van der Waals surface area contributed by atoms with Crippen molar-refractivity contribution in [3.8, 4) is 11.5 Å². The number of thioether (sulfide) groups is 1. The molecule has 164 valence electrons. The quantitative estimate of drug-likeness (QED) is 0.515. The minimum absolute atomic E-state index is 0.110. The molecule has 0 spiro atoms. The zero-order chi connectivity index (χ0) is 22.5. The smallest absolute Gasteiger partial charge is 0.236 e. The first kappa shape index (κ1) is 22.0. The number of carbonyl (C=O) groups is 2. The maximum Gasteiger partial charge on any atom is 0.236 e. The predicted octanol–water partition coefficient (Wildman–Crippen LogP) is 5.03. The second kappa shape index (κ2) is 9.92. The number of aryl methyl sites for hydroxylation is 2. The molecule has 1 atom stereocenters. The molecule has 32 heavy (non-hydrogen) atoms. The Morgan fingerprint density at radius 1 is 1.00 bits per heavy atom. The van der Waals surface area contributed by atoms with Crippen LogP contribution in [-0.2, 0) is 17.6 Å². The second-order valence-corrected chi connectivity index (χ2v) is 8.65. The van der Waals surface area contributed by atoms with Crippen LogP contribution in [0.5, 0.6) is 11.5 Å². The zero-order valence-electron chi connectivity index (χ0n) is 18.1. The van der Waals surface area contributed by atoms with Crippen molar-refractivity contribution in [1.29, 1.82) is 0 Å². The van der Waals surface area contributed by atoms with E-state index in [1.54, 1.807) is 32.0 Å². The third kappa shape index (κ3) is 4.81. The summed E-state index contributed by atoms with van der Waals surface area (Å²) in [5.41, 5.74) is 3.55. The van der Waals surface area contributed by atoms with E-state index in [0.717, 1.165) is 40.4 Å². The lowest BCUT2D eigenvalue weighted by Crippen LogP contribution is -2.34. The number of rotatable bonds is 7. The number of anilines is 1. The van der Waals surface area contributed by atoms with Gasteiger partial charge in [-0.25, -0.2) is 0 Å². The molecule has 0 radical (unpaired) electrons. The monoisotopic (exact) mass is 447 g/mol. The topological polar surface area (TPSA) is 64.6 Å². The van der Waals surface area contributed by atoms with Crippen LogP contribution in [0.3, 0.4) is 0 Å². The SMILES string of the molecule is COc1ccc(OC)c(CCc2ccc(NC(=O)C3CSc4ccccc4C3=O)cc2)c1. The highest BCUT2D eigenvalue weighted by molar-refractivity contribution is 7.99. The number of benzene rings is 3. The number of Topliss-reactive ketones (excluding diaryl/α,β-unsaturated/α-hetero) is 1. The summed E-state index contributed by atoms with van der Waals surface area (Å²) in [5, 5.41) is 2.90. The van der Waals surface area contributed by atoms with Gasteiger partial charge in [-0.3, -0.25) is 9.59 Å². The van der Waals surface area contributed by atoms with Crippen LogP contribution in [0.2, 0.25) is 0 Å². The number of hydrogen-bond donors (Lipinski definition) is 1. The van der Waals surface area contributed by atoms with Crippen molar-refractivity contribution in [1.82, 2.24) is 0 Å². The summed E-state index contributed by atoms with van der Waals surface area (Å²) < 4.78 is 10.8. The predicted molar refractivity (Wildman–Crippen MR) is 127 cm³/mol. The van der Waals surface area contributed by atoms with E-state index in [1.165, 1.54) is 0 Å². The van der Waals surface area contributed by atoms with Gasteiger partial charge in [0.15, 0.2) is 5.78 Å². The fourth-order valence-corrected chi connectivity index (χ4v) is 4.92. The number of hydrogen-bond acceptors (Lipinski definition) is 5. The number of nitrogens with one attached hydrogen (secondary N) is 1. The van der Waals surface area contributed by atoms with Crippen LogP contribution in [0, 0.1) is 5.92 Å². The fraction of sp³-hybridized carbons (Fsp3) is 0.231. The molecule has 1 unspecified atom stereocenters. The Hall–Kier alpha value is -3.25. The minimum atomic E-state index is -0.671. The van der Waals surface area contributed by atoms with Gasteiger partial charge in [-0.2, -0.15) is 0 Å². The third-order valence-corrected chi connectivity index (χ3v) is 6.75. The molecule has 1 aliphatic rings. The lowest BCUT2D eigenvalue weighted by Gasteiger charge is -2.22. The van der Waals surface area contributed by atoms with Crippen molar-refractivity contribution in [2.45, 2.75) is 17.7 Å². The zero-order valence-corrected chi connectivity index (χ0v) is 18.9. The van der Waals surface area contributed by atoms with Crippen molar-refractivity contribution in [3.05, 3.63) is 83.4 Å². The minimum Gasteiger partial charge on any atom is -0.497 e. The van der Waals surface area contributed by atoms with E-state index < -0.39 is 5.92 Å². The van der Waals surface area contributed by atoms with E-state index in [2.05, 4.69) is 5.32 Å². The maximum absolute atomic E-state index is 12.7. The number of ketones is 1. The van der Waals surface area contributed by atoms with Crippen LogP contribution in [-0.4, -0.2) is 31.7 Å². The van der Waals surface area contributed by atoms with Crippen LogP contribution in [0.15, 0.2) is 71.6 Å². The van der Waals surface area contributed by atoms with Crippen LogP contribution in [0.4, 0.5) is 5.69 Å². The van der Waals surface area contributed by atoms with Crippen molar-refractivity contribution in [2.24, 2.45) is 5.92 Å². The van der Waals surface area contributed by atoms with E-state index in [4.69, 9.17) is 9.47 Å². The third-order valence-electron chi connectivity index (χ3n) is 5.58. The standard InChI is InChI=1S/C26H25NO4S/c1-30-20-13-14-23(31-2)18(15-20)10-7-17-8-11-19(12-9-17)27-26(29)22-16-32-24-6-4-3-5-21(24)25(22)28/h3-6,8-9,11-15,22H,7,10,16H2,1-2H3,(H,27,29). The molecule has 4 rings (SSSR count). The Labute approximate surface area is 192 Å². The Kier molecular flexibility index (Phi) is 6.81. The van der Waals surface area contributed by atoms with Crippen LogP contribution in [0.25, 0.3) is 0 Å². The molecule has 0 bridgehead atoms. The second-order valence-electron chi connectivity index (χ2n) is 7.59. The van der Waals surface area contributed by atoms with Crippen molar-refractivity contribution >= 4 is 29.1 Å². The Morgan fingerprint density at radius 2 is 1.78 bits per heavy atom. The molecule has 0 aliphatic carbocycles. The summed E-state index contributed by atoms with van der Waals surface area (Å²) in [7, 11) is 3.31. The van der Waals surface area contributed by atoms with Gasteiger partial charge in [0, 0.05) is 21.9 Å². The van der Waals surface area contributed by atoms with Crippen molar-refractivity contribution < 1.29 is 19.1 Å². The van der Waals surface area contributed by atoms with Crippen LogP contribution < -0.4 is 14.8 Å². The molecule has 0 saturated carbocycles. The molecule has 1 heterocycles. The molecular weight excluding hydrogens is 422 g/mol. The highest BCUT2D eigenvalue weighted by Crippen LogP contribution is 2.33. The Balaban J connectivity index is 1.37. The maximum atomic E-state index is 12.7. The van der Waals surface area contributed by atoms with Gasteiger partial charge in [-0.05, 0) is 60.4 Å². The van der Waals surface area contributed by atoms with Crippen LogP contribution in [0.1, 0.15) is 21.5 Å². The summed E-state index contributed by atoms with van der Waals surface area (Å²) in [6.07, 6.45) is 1.63. The van der Waals surface area contributed by atoms with Gasteiger partial charge in [0.25, 0.3) is 0 Å². The molecule has 3 aromatic carbocycles. The first-order valence-electron chi connectivity index (χ1n) is 10.5. The Morgan fingerprint density at radius 3 is 2.53 bits per heavy atom. The van der Waals surface area contributed by atoms with Gasteiger partial charge in [0.2, 0.25) is 5.91 Å². The lowest BCUT2D eigenvalue weighted by atomic mass is 9.97. The molecule has 1 amide bonds. The van der Waals surface area contributed by atoms with Gasteiger partial charge < -0.3 is 14.8 Å². The lowest BCUT2D eigenvalue weighted by molar-refractivity contribution is -0.118. The molecule has 1 N–H and O–H groups in total. The number of amides is 1. The first-order chi connectivity index (χ1) is 15.6. The largest absolute Gasteiger partial charge is 0.497 e. The molecule has 5 nitrogen and oxygen atoms in total. The number of methoxy groups -OCH3 is 2. The fourth-order valence-electron chi connectivity index (χ4n) is 3.77. The molecule has 0 aromatic heterocycles. The number of fused-ring (bicyclic) bond motifs is 1. The van der Waals surface area contributed by atoms with E-state index in [1.807, 2.05) is 60.7 Å². The van der Waals surface area contributed by atoms with Gasteiger partial charge in [-0.15, -0.1) is 11.8 Å². The summed E-state index contributed by atoms with van der Waals surface area (Å²) in [6, 6.07) is 21.0. The van der Waals surface area contributed by atoms with Gasteiger partial charge in [-0.1, -0.05) is 30.3 Å².